The van der Waals surface area contributed by atoms with Crippen LogP contribution in [0.1, 0.15) is 11.3 Å². The number of alkyl halides is 3. The lowest BCUT2D eigenvalue weighted by molar-refractivity contribution is -0.137. The molecule has 0 spiro atoms. The molecule has 0 saturated carbocycles. The van der Waals surface area contributed by atoms with Crippen LogP contribution < -0.4 is 5.56 Å². The molecule has 0 radical (unpaired) electrons. The van der Waals surface area contributed by atoms with Crippen molar-refractivity contribution < 1.29 is 13.2 Å². The highest BCUT2D eigenvalue weighted by molar-refractivity contribution is 5.65. The zero-order chi connectivity index (χ0) is 16.6. The number of aryl methyl sites for hydroxylation is 1. The van der Waals surface area contributed by atoms with Gasteiger partial charge in [-0.15, -0.1) is 0 Å². The van der Waals surface area contributed by atoms with Crippen LogP contribution in [0.15, 0.2) is 59.4 Å². The molecule has 2 aromatic carbocycles. The van der Waals surface area contributed by atoms with Crippen molar-refractivity contribution in [2.75, 3.05) is 0 Å². The Kier molecular flexibility index (Phi) is 3.60. The van der Waals surface area contributed by atoms with Crippen molar-refractivity contribution in [3.63, 3.8) is 0 Å². The summed E-state index contributed by atoms with van der Waals surface area (Å²) in [6.45, 7) is 1.72. The van der Waals surface area contributed by atoms with Crippen LogP contribution in [0.3, 0.4) is 0 Å². The number of rotatable bonds is 2. The zero-order valence-electron chi connectivity index (χ0n) is 12.2. The summed E-state index contributed by atoms with van der Waals surface area (Å²) in [6, 6.07) is 13.7. The number of halogens is 3. The maximum absolute atomic E-state index is 12.8. The Bertz CT molecular complexity index is 892. The average Bonchev–Trinajstić information content (AvgIpc) is 2.82. The van der Waals surface area contributed by atoms with Crippen molar-refractivity contribution in [1.29, 1.82) is 0 Å². The fourth-order valence-electron chi connectivity index (χ4n) is 2.49. The molecule has 0 saturated heterocycles. The Hall–Kier alpha value is -2.76. The standard InChI is InChI=1S/C17H13F3N2O/c1-11-15(12-6-3-2-4-7-12)16(23)22(21-11)14-9-5-8-13(10-14)17(18,19)20/h2-10,21H,1H3. The lowest BCUT2D eigenvalue weighted by atomic mass is 10.1. The van der Waals surface area contributed by atoms with Crippen LogP contribution >= 0.6 is 0 Å². The summed E-state index contributed by atoms with van der Waals surface area (Å²) in [4.78, 5) is 12.6. The van der Waals surface area contributed by atoms with E-state index < -0.39 is 11.7 Å². The van der Waals surface area contributed by atoms with E-state index in [9.17, 15) is 18.0 Å². The first-order chi connectivity index (χ1) is 10.9. The van der Waals surface area contributed by atoms with Gasteiger partial charge in [0.15, 0.2) is 0 Å². The molecule has 0 fully saturated rings. The van der Waals surface area contributed by atoms with E-state index in [2.05, 4.69) is 5.10 Å². The maximum Gasteiger partial charge on any atom is 0.416 e. The van der Waals surface area contributed by atoms with Gasteiger partial charge < -0.3 is 0 Å². The van der Waals surface area contributed by atoms with E-state index in [1.54, 1.807) is 31.2 Å². The van der Waals surface area contributed by atoms with Crippen molar-refractivity contribution in [3.8, 4) is 16.8 Å². The number of hydrogen-bond donors (Lipinski definition) is 1. The molecule has 118 valence electrons. The van der Waals surface area contributed by atoms with Crippen LogP contribution in [-0.2, 0) is 6.18 Å². The van der Waals surface area contributed by atoms with Crippen molar-refractivity contribution in [3.05, 3.63) is 76.2 Å². The molecule has 3 nitrogen and oxygen atoms in total. The number of hydrogen-bond acceptors (Lipinski definition) is 1. The van der Waals surface area contributed by atoms with Crippen LogP contribution in [0.25, 0.3) is 16.8 Å². The predicted molar refractivity (Wildman–Crippen MR) is 81.6 cm³/mol. The second kappa shape index (κ2) is 5.46. The van der Waals surface area contributed by atoms with E-state index in [0.29, 0.717) is 11.3 Å². The third kappa shape index (κ3) is 2.79. The minimum Gasteiger partial charge on any atom is -0.295 e. The normalized spacial score (nSPS) is 11.7. The van der Waals surface area contributed by atoms with E-state index in [1.807, 2.05) is 6.07 Å². The summed E-state index contributed by atoms with van der Waals surface area (Å²) in [7, 11) is 0. The van der Waals surface area contributed by atoms with Gasteiger partial charge in [-0.25, -0.2) is 4.68 Å². The highest BCUT2D eigenvalue weighted by Crippen LogP contribution is 2.30. The van der Waals surface area contributed by atoms with Gasteiger partial charge in [-0.1, -0.05) is 36.4 Å². The van der Waals surface area contributed by atoms with Crippen molar-refractivity contribution in [1.82, 2.24) is 9.78 Å². The maximum atomic E-state index is 12.8. The summed E-state index contributed by atoms with van der Waals surface area (Å²) in [5.41, 5.74) is 0.733. The van der Waals surface area contributed by atoms with Crippen molar-refractivity contribution in [2.45, 2.75) is 13.1 Å². The summed E-state index contributed by atoms with van der Waals surface area (Å²) in [5.74, 6) is 0. The van der Waals surface area contributed by atoms with Crippen molar-refractivity contribution >= 4 is 0 Å². The molecule has 1 aromatic heterocycles. The van der Waals surface area contributed by atoms with Gasteiger partial charge in [0.1, 0.15) is 0 Å². The van der Waals surface area contributed by atoms with E-state index in [1.165, 1.54) is 12.1 Å². The highest BCUT2D eigenvalue weighted by atomic mass is 19.4. The number of aromatic amines is 1. The molecule has 1 N–H and O–H groups in total. The second-order valence-corrected chi connectivity index (χ2v) is 5.17. The Balaban J connectivity index is 2.15. The highest BCUT2D eigenvalue weighted by Gasteiger charge is 2.30. The Labute approximate surface area is 130 Å². The molecule has 0 aliphatic carbocycles. The number of aromatic nitrogens is 2. The molecular weight excluding hydrogens is 305 g/mol. The first-order valence-electron chi connectivity index (χ1n) is 6.92. The molecule has 0 bridgehead atoms. The van der Waals surface area contributed by atoms with Gasteiger partial charge in [0.2, 0.25) is 0 Å². The largest absolute Gasteiger partial charge is 0.416 e. The van der Waals surface area contributed by atoms with E-state index in [-0.39, 0.29) is 11.2 Å². The van der Waals surface area contributed by atoms with Crippen LogP contribution in [0.5, 0.6) is 0 Å². The lowest BCUT2D eigenvalue weighted by Gasteiger charge is -2.08. The van der Waals surface area contributed by atoms with Gasteiger partial charge in [0.25, 0.3) is 5.56 Å². The lowest BCUT2D eigenvalue weighted by Crippen LogP contribution is -2.16. The number of benzene rings is 2. The number of H-pyrrole nitrogens is 1. The fraction of sp³-hybridized carbons (Fsp3) is 0.118. The second-order valence-electron chi connectivity index (χ2n) is 5.17. The fourth-order valence-corrected chi connectivity index (χ4v) is 2.49. The molecule has 3 aromatic rings. The molecule has 23 heavy (non-hydrogen) atoms. The molecular formula is C17H13F3N2O. The van der Waals surface area contributed by atoms with Gasteiger partial charge in [-0.05, 0) is 30.7 Å². The average molecular weight is 318 g/mol. The first kappa shape index (κ1) is 15.1. The third-order valence-electron chi connectivity index (χ3n) is 3.57. The Morgan fingerprint density at radius 1 is 1.00 bits per heavy atom. The topological polar surface area (TPSA) is 37.8 Å². The van der Waals surface area contributed by atoms with Gasteiger partial charge in [-0.2, -0.15) is 13.2 Å². The summed E-state index contributed by atoms with van der Waals surface area (Å²) in [6.07, 6.45) is -4.45. The van der Waals surface area contributed by atoms with Gasteiger partial charge in [-0.3, -0.25) is 9.89 Å². The summed E-state index contributed by atoms with van der Waals surface area (Å²) < 4.78 is 39.6. The smallest absolute Gasteiger partial charge is 0.295 e. The molecule has 1 heterocycles. The third-order valence-corrected chi connectivity index (χ3v) is 3.57. The SMILES string of the molecule is Cc1[nH]n(-c2cccc(C(F)(F)F)c2)c(=O)c1-c1ccccc1. The molecule has 6 heteroatoms. The van der Waals surface area contributed by atoms with Crippen LogP contribution in [0.2, 0.25) is 0 Å². The van der Waals surface area contributed by atoms with Crippen molar-refractivity contribution in [2.24, 2.45) is 0 Å². The zero-order valence-corrected chi connectivity index (χ0v) is 12.2. The Morgan fingerprint density at radius 3 is 2.35 bits per heavy atom. The summed E-state index contributed by atoms with van der Waals surface area (Å²) >= 11 is 0. The van der Waals surface area contributed by atoms with Gasteiger partial charge >= 0.3 is 6.18 Å². The number of nitrogens with one attached hydrogen (secondary N) is 1. The minimum atomic E-state index is -4.45. The monoisotopic (exact) mass is 318 g/mol. The molecule has 0 atom stereocenters. The number of nitrogens with zero attached hydrogens (tertiary/aromatic N) is 1. The molecule has 0 aliphatic rings. The predicted octanol–water partition coefficient (Wildman–Crippen LogP) is 4.16. The van der Waals surface area contributed by atoms with Crippen LogP contribution in [0.4, 0.5) is 13.2 Å². The summed E-state index contributed by atoms with van der Waals surface area (Å²) in [5, 5.41) is 2.84. The van der Waals surface area contributed by atoms with E-state index >= 15 is 0 Å². The van der Waals surface area contributed by atoms with E-state index in [4.69, 9.17) is 0 Å². The van der Waals surface area contributed by atoms with Gasteiger partial charge in [0, 0.05) is 5.69 Å². The van der Waals surface area contributed by atoms with E-state index in [0.717, 1.165) is 22.4 Å². The first-order valence-corrected chi connectivity index (χ1v) is 6.92. The molecule has 3 rings (SSSR count). The Morgan fingerprint density at radius 2 is 1.70 bits per heavy atom. The van der Waals surface area contributed by atoms with Crippen LogP contribution in [0, 0.1) is 6.92 Å². The van der Waals surface area contributed by atoms with Crippen LogP contribution in [-0.4, -0.2) is 9.78 Å². The molecule has 0 unspecified atom stereocenters. The van der Waals surface area contributed by atoms with Gasteiger partial charge in [0.05, 0.1) is 16.8 Å². The molecule has 0 amide bonds. The minimum absolute atomic E-state index is 0.148. The quantitative estimate of drug-likeness (QED) is 0.757. The molecule has 0 aliphatic heterocycles.